The Balaban J connectivity index is 1.28. The predicted octanol–water partition coefficient (Wildman–Crippen LogP) is 3.35. The van der Waals surface area contributed by atoms with Crippen LogP contribution in [0.15, 0.2) is 48.5 Å². The summed E-state index contributed by atoms with van der Waals surface area (Å²) in [6, 6.07) is 13.0. The van der Waals surface area contributed by atoms with Gasteiger partial charge in [0, 0.05) is 39.1 Å². The van der Waals surface area contributed by atoms with E-state index in [0.29, 0.717) is 39.1 Å². The second kappa shape index (κ2) is 7.47. The molecule has 7 heteroatoms. The zero-order chi connectivity index (χ0) is 19.7. The van der Waals surface area contributed by atoms with E-state index in [-0.39, 0.29) is 5.91 Å². The molecule has 2 aliphatic heterocycles. The van der Waals surface area contributed by atoms with Crippen LogP contribution in [0, 0.1) is 0 Å². The summed E-state index contributed by atoms with van der Waals surface area (Å²) in [5.41, 5.74) is 1.26. The van der Waals surface area contributed by atoms with Gasteiger partial charge in [-0.2, -0.15) is 13.2 Å². The maximum atomic E-state index is 12.7. The molecule has 28 heavy (non-hydrogen) atoms. The van der Waals surface area contributed by atoms with Crippen LogP contribution in [-0.4, -0.2) is 48.0 Å². The number of hydrogen-bond donors (Lipinski definition) is 0. The first-order chi connectivity index (χ1) is 13.4. The predicted molar refractivity (Wildman–Crippen MR) is 97.9 cm³/mol. The monoisotopic (exact) mass is 390 g/mol. The van der Waals surface area contributed by atoms with Crippen LogP contribution in [0.2, 0.25) is 0 Å². The fraction of sp³-hybridized carbons (Fsp3) is 0.381. The van der Waals surface area contributed by atoms with Crippen molar-refractivity contribution in [2.75, 3.05) is 26.2 Å². The molecule has 1 unspecified atom stereocenters. The number of rotatable bonds is 3. The Labute approximate surface area is 161 Å². The van der Waals surface area contributed by atoms with Crippen LogP contribution in [-0.2, 0) is 23.9 Å². The molecule has 0 bridgehead atoms. The largest absolute Gasteiger partial charge is 0.480 e. The summed E-state index contributed by atoms with van der Waals surface area (Å²) >= 11 is 0. The van der Waals surface area contributed by atoms with Gasteiger partial charge in [0.05, 0.1) is 5.56 Å². The van der Waals surface area contributed by atoms with E-state index in [1.54, 1.807) is 0 Å². The molecule has 0 N–H and O–H groups in total. The Morgan fingerprint density at radius 1 is 1.00 bits per heavy atom. The summed E-state index contributed by atoms with van der Waals surface area (Å²) in [5, 5.41) is 0. The van der Waals surface area contributed by atoms with E-state index < -0.39 is 17.8 Å². The molecular formula is C21H21F3N2O2. The third-order valence-corrected chi connectivity index (χ3v) is 5.29. The van der Waals surface area contributed by atoms with Gasteiger partial charge in [0.1, 0.15) is 5.75 Å². The number of fused-ring (bicyclic) bond motifs is 1. The van der Waals surface area contributed by atoms with Gasteiger partial charge in [-0.1, -0.05) is 30.3 Å². The minimum absolute atomic E-state index is 0.00498. The normalized spacial score (nSPS) is 20.0. The first-order valence-corrected chi connectivity index (χ1v) is 9.32. The van der Waals surface area contributed by atoms with Crippen LogP contribution in [0.3, 0.4) is 0 Å². The molecule has 0 saturated carbocycles. The molecule has 2 aromatic rings. The van der Waals surface area contributed by atoms with Gasteiger partial charge in [0.2, 0.25) is 0 Å². The number of piperazine rings is 1. The van der Waals surface area contributed by atoms with E-state index in [2.05, 4.69) is 4.90 Å². The molecule has 2 aliphatic rings. The molecule has 0 aliphatic carbocycles. The smallest absolute Gasteiger partial charge is 0.416 e. The van der Waals surface area contributed by atoms with Gasteiger partial charge in [0.25, 0.3) is 5.91 Å². The maximum absolute atomic E-state index is 12.7. The first kappa shape index (κ1) is 18.8. The lowest BCUT2D eigenvalue weighted by molar-refractivity contribution is -0.139. The number of alkyl halides is 3. The molecule has 4 nitrogen and oxygen atoms in total. The number of hydrogen-bond acceptors (Lipinski definition) is 3. The first-order valence-electron chi connectivity index (χ1n) is 9.32. The summed E-state index contributed by atoms with van der Waals surface area (Å²) in [6.07, 6.45) is -4.17. The Hall–Kier alpha value is -2.54. The summed E-state index contributed by atoms with van der Waals surface area (Å²) in [5.74, 6) is 0.784. The van der Waals surface area contributed by atoms with E-state index in [4.69, 9.17) is 4.74 Å². The topological polar surface area (TPSA) is 32.8 Å². The molecule has 1 fully saturated rings. The van der Waals surface area contributed by atoms with Crippen LogP contribution >= 0.6 is 0 Å². The highest BCUT2D eigenvalue weighted by Crippen LogP contribution is 2.30. The fourth-order valence-electron chi connectivity index (χ4n) is 3.71. The lowest BCUT2D eigenvalue weighted by atomic mass is 10.1. The average Bonchev–Trinajstić information content (AvgIpc) is 3.12. The third-order valence-electron chi connectivity index (χ3n) is 5.29. The highest BCUT2D eigenvalue weighted by molar-refractivity contribution is 5.82. The molecule has 1 amide bonds. The molecule has 2 heterocycles. The van der Waals surface area contributed by atoms with Crippen LogP contribution in [0.5, 0.6) is 5.75 Å². The molecule has 0 spiro atoms. The Bertz CT molecular complexity index is 818. The molecule has 4 rings (SSSR count). The summed E-state index contributed by atoms with van der Waals surface area (Å²) in [6.45, 7) is 3.13. The minimum Gasteiger partial charge on any atom is -0.480 e. The van der Waals surface area contributed by atoms with Gasteiger partial charge in [-0.05, 0) is 29.3 Å². The lowest BCUT2D eigenvalue weighted by Gasteiger charge is -2.35. The van der Waals surface area contributed by atoms with Crippen molar-refractivity contribution in [3.05, 3.63) is 65.2 Å². The van der Waals surface area contributed by atoms with Crippen molar-refractivity contribution in [2.45, 2.75) is 25.2 Å². The average molecular weight is 390 g/mol. The van der Waals surface area contributed by atoms with Crippen LogP contribution < -0.4 is 4.74 Å². The van der Waals surface area contributed by atoms with Crippen LogP contribution in [0.4, 0.5) is 13.2 Å². The lowest BCUT2D eigenvalue weighted by Crippen LogP contribution is -2.51. The SMILES string of the molecule is O=C(C1Cc2ccccc2O1)N1CCN(Cc2ccc(C(F)(F)F)cc2)CC1. The third kappa shape index (κ3) is 3.99. The highest BCUT2D eigenvalue weighted by atomic mass is 19.4. The number of carbonyl (C=O) groups is 1. The number of ether oxygens (including phenoxy) is 1. The number of carbonyl (C=O) groups excluding carboxylic acids is 1. The molecule has 1 atom stereocenters. The maximum Gasteiger partial charge on any atom is 0.416 e. The molecule has 2 aromatic carbocycles. The number of halogens is 3. The highest BCUT2D eigenvalue weighted by Gasteiger charge is 2.34. The zero-order valence-corrected chi connectivity index (χ0v) is 15.3. The number of benzene rings is 2. The minimum atomic E-state index is -4.31. The molecule has 0 radical (unpaired) electrons. The van der Waals surface area contributed by atoms with E-state index >= 15 is 0 Å². The van der Waals surface area contributed by atoms with Crippen LogP contribution in [0.25, 0.3) is 0 Å². The van der Waals surface area contributed by atoms with Crippen molar-refractivity contribution in [2.24, 2.45) is 0 Å². The zero-order valence-electron chi connectivity index (χ0n) is 15.3. The second-order valence-corrected chi connectivity index (χ2v) is 7.21. The Kier molecular flexibility index (Phi) is 5.02. The Morgan fingerprint density at radius 3 is 2.32 bits per heavy atom. The number of nitrogens with zero attached hydrogens (tertiary/aromatic N) is 2. The van der Waals surface area contributed by atoms with Gasteiger partial charge in [-0.15, -0.1) is 0 Å². The van der Waals surface area contributed by atoms with Crippen molar-refractivity contribution in [1.82, 2.24) is 9.80 Å². The van der Waals surface area contributed by atoms with E-state index in [9.17, 15) is 18.0 Å². The van der Waals surface area contributed by atoms with Gasteiger partial charge < -0.3 is 9.64 Å². The Morgan fingerprint density at radius 2 is 1.68 bits per heavy atom. The van der Waals surface area contributed by atoms with E-state index in [1.807, 2.05) is 29.2 Å². The van der Waals surface area contributed by atoms with Crippen molar-refractivity contribution in [3.63, 3.8) is 0 Å². The van der Waals surface area contributed by atoms with E-state index in [0.717, 1.165) is 29.0 Å². The summed E-state index contributed by atoms with van der Waals surface area (Å²) < 4.78 is 43.7. The van der Waals surface area contributed by atoms with Gasteiger partial charge in [-0.3, -0.25) is 9.69 Å². The standard InChI is InChI=1S/C21H21F3N2O2/c22-21(23,24)17-7-5-15(6-8-17)14-25-9-11-26(12-10-25)20(27)19-13-16-3-1-2-4-18(16)28-19/h1-8,19H,9-14H2. The van der Waals surface area contributed by atoms with E-state index in [1.165, 1.54) is 12.1 Å². The molecular weight excluding hydrogens is 369 g/mol. The second-order valence-electron chi connectivity index (χ2n) is 7.21. The quantitative estimate of drug-likeness (QED) is 0.806. The van der Waals surface area contributed by atoms with Gasteiger partial charge in [0.15, 0.2) is 6.10 Å². The molecule has 1 saturated heterocycles. The number of para-hydroxylation sites is 1. The van der Waals surface area contributed by atoms with Crippen molar-refractivity contribution in [3.8, 4) is 5.75 Å². The van der Waals surface area contributed by atoms with Crippen LogP contribution in [0.1, 0.15) is 16.7 Å². The fourth-order valence-corrected chi connectivity index (χ4v) is 3.71. The summed E-state index contributed by atoms with van der Waals surface area (Å²) in [7, 11) is 0. The summed E-state index contributed by atoms with van der Waals surface area (Å²) in [4.78, 5) is 16.7. The van der Waals surface area contributed by atoms with Gasteiger partial charge >= 0.3 is 6.18 Å². The van der Waals surface area contributed by atoms with Gasteiger partial charge in [-0.25, -0.2) is 0 Å². The van der Waals surface area contributed by atoms with Crippen molar-refractivity contribution >= 4 is 5.91 Å². The number of amides is 1. The van der Waals surface area contributed by atoms with Crippen molar-refractivity contribution in [1.29, 1.82) is 0 Å². The van der Waals surface area contributed by atoms with Crippen molar-refractivity contribution < 1.29 is 22.7 Å². The molecule has 0 aromatic heterocycles. The molecule has 148 valence electrons.